The average Bonchev–Trinajstić information content (AvgIpc) is 3.40. The number of nitrogens with one attached hydrogen (secondary N) is 4. The molecule has 2 heterocycles. The molecular weight excluding hydrogens is 622 g/mol. The lowest BCUT2D eigenvalue weighted by Crippen LogP contribution is -2.59. The van der Waals surface area contributed by atoms with Crippen LogP contribution in [0.4, 0.5) is 4.79 Å². The molecule has 4 N–H and O–H groups in total. The Morgan fingerprint density at radius 1 is 1.09 bits per heavy atom. The van der Waals surface area contributed by atoms with Crippen molar-refractivity contribution in [2.24, 2.45) is 5.92 Å². The molecule has 12 nitrogen and oxygen atoms in total. The van der Waals surface area contributed by atoms with Gasteiger partial charge in [-0.2, -0.15) is 13.1 Å². The van der Waals surface area contributed by atoms with Crippen molar-refractivity contribution < 1.29 is 32.3 Å². The molecule has 1 aromatic carbocycles. The number of carbonyl (C=O) groups excluding carboxylic acids is 4. The van der Waals surface area contributed by atoms with E-state index in [2.05, 4.69) is 20.1 Å². The van der Waals surface area contributed by atoms with E-state index in [9.17, 15) is 27.6 Å². The Balaban J connectivity index is 1.47. The molecule has 2 aliphatic heterocycles. The zero-order valence-corrected chi connectivity index (χ0v) is 27.6. The molecule has 0 unspecified atom stereocenters. The number of amides is 4. The maximum atomic E-state index is 13.7. The predicted octanol–water partition coefficient (Wildman–Crippen LogP) is 3.11. The van der Waals surface area contributed by atoms with E-state index in [0.29, 0.717) is 50.1 Å². The first-order valence-electron chi connectivity index (χ1n) is 15.5. The number of allylic oxidation sites excluding steroid dienone is 1. The molecule has 4 amide bonds. The van der Waals surface area contributed by atoms with Gasteiger partial charge >= 0.3 is 16.3 Å². The van der Waals surface area contributed by atoms with Crippen LogP contribution in [0, 0.1) is 5.92 Å². The van der Waals surface area contributed by atoms with Gasteiger partial charge in [0, 0.05) is 24.0 Å². The highest BCUT2D eigenvalue weighted by Crippen LogP contribution is 2.45. The molecule has 248 valence electrons. The van der Waals surface area contributed by atoms with E-state index in [1.807, 2.05) is 12.2 Å². The summed E-state index contributed by atoms with van der Waals surface area (Å²) in [5, 5.41) is 6.08. The standard InChI is InChI=1S/C31H44ClN5O7S/c1-30(2,3)44-29(41)34-24-11-8-6-4-5-7-10-22-20-31(22,35-26(38)25-12-9-19-37(25)27(24)39)28(40)36-45(42,43)33-18-17-21-13-15-23(32)16-14-21/h7,10,13-16,22,24-25,33H,4-6,8-9,11-12,17-20H2,1-3H3,(H,34,41)(H,35,38)(H,36,40)/b10-7-/t22-,24-,25-,31+/m0/s1. The molecule has 1 aromatic rings. The number of halogens is 1. The highest BCUT2D eigenvalue weighted by Gasteiger charge is 2.61. The van der Waals surface area contributed by atoms with Gasteiger partial charge in [0.15, 0.2) is 0 Å². The van der Waals surface area contributed by atoms with E-state index in [1.165, 1.54) is 4.90 Å². The highest BCUT2D eigenvalue weighted by atomic mass is 35.5. The first kappa shape index (κ1) is 34.7. The Hall–Kier alpha value is -3.16. The van der Waals surface area contributed by atoms with Crippen molar-refractivity contribution >= 4 is 45.6 Å². The van der Waals surface area contributed by atoms with Gasteiger partial charge in [0.05, 0.1) is 0 Å². The van der Waals surface area contributed by atoms with Crippen LogP contribution in [-0.2, 0) is 35.8 Å². The lowest BCUT2D eigenvalue weighted by molar-refractivity contribution is -0.141. The summed E-state index contributed by atoms with van der Waals surface area (Å²) in [5.74, 6) is -2.16. The number of benzene rings is 1. The monoisotopic (exact) mass is 665 g/mol. The van der Waals surface area contributed by atoms with E-state index in [4.69, 9.17) is 16.3 Å². The lowest BCUT2D eigenvalue weighted by Gasteiger charge is -2.30. The fraction of sp³-hybridized carbons (Fsp3) is 0.613. The number of alkyl carbamates (subject to hydrolysis) is 1. The second-order valence-corrected chi connectivity index (χ2v) is 14.9. The van der Waals surface area contributed by atoms with Crippen molar-refractivity contribution in [1.29, 1.82) is 0 Å². The molecular formula is C31H44ClN5O7S. The second-order valence-electron chi connectivity index (χ2n) is 12.9. The third-order valence-corrected chi connectivity index (χ3v) is 9.46. The summed E-state index contributed by atoms with van der Waals surface area (Å²) in [4.78, 5) is 54.9. The summed E-state index contributed by atoms with van der Waals surface area (Å²) in [7, 11) is -4.23. The Labute approximate surface area is 270 Å². The first-order chi connectivity index (χ1) is 21.2. The number of hydrogen-bond acceptors (Lipinski definition) is 7. The summed E-state index contributed by atoms with van der Waals surface area (Å²) in [5.41, 5.74) is -1.35. The number of fused-ring (bicyclic) bond motifs is 2. The van der Waals surface area contributed by atoms with Gasteiger partial charge in [-0.25, -0.2) is 9.52 Å². The topological polar surface area (TPSA) is 163 Å². The molecule has 1 aliphatic carbocycles. The van der Waals surface area contributed by atoms with Gasteiger partial charge in [0.2, 0.25) is 11.8 Å². The maximum Gasteiger partial charge on any atom is 0.408 e. The van der Waals surface area contributed by atoms with E-state index >= 15 is 0 Å². The van der Waals surface area contributed by atoms with Crippen LogP contribution in [0.5, 0.6) is 0 Å². The minimum Gasteiger partial charge on any atom is -0.444 e. The number of ether oxygens (including phenoxy) is 1. The van der Waals surface area contributed by atoms with Crippen molar-refractivity contribution in [1.82, 2.24) is 25.0 Å². The summed E-state index contributed by atoms with van der Waals surface area (Å²) >= 11 is 5.91. The van der Waals surface area contributed by atoms with Crippen LogP contribution in [0.25, 0.3) is 0 Å². The van der Waals surface area contributed by atoms with Crippen LogP contribution < -0.4 is 20.1 Å². The normalized spacial score (nSPS) is 26.8. The van der Waals surface area contributed by atoms with Gasteiger partial charge in [-0.05, 0) is 83.4 Å². The molecule has 4 atom stereocenters. The van der Waals surface area contributed by atoms with Gasteiger partial charge in [-0.15, -0.1) is 0 Å². The second kappa shape index (κ2) is 14.5. The maximum absolute atomic E-state index is 13.7. The van der Waals surface area contributed by atoms with Crippen molar-refractivity contribution in [3.05, 3.63) is 47.0 Å². The summed E-state index contributed by atoms with van der Waals surface area (Å²) in [6.07, 6.45) is 8.05. The van der Waals surface area contributed by atoms with Crippen LogP contribution in [0.3, 0.4) is 0 Å². The molecule has 14 heteroatoms. The smallest absolute Gasteiger partial charge is 0.408 e. The number of hydrogen-bond donors (Lipinski definition) is 4. The minimum absolute atomic E-state index is 0.0462. The fourth-order valence-electron chi connectivity index (χ4n) is 5.77. The van der Waals surface area contributed by atoms with E-state index in [0.717, 1.165) is 18.4 Å². The molecule has 0 aromatic heterocycles. The van der Waals surface area contributed by atoms with Gasteiger partial charge in [-0.1, -0.05) is 48.7 Å². The molecule has 1 saturated heterocycles. The Bertz CT molecular complexity index is 1400. The van der Waals surface area contributed by atoms with E-state index < -0.39 is 57.3 Å². The van der Waals surface area contributed by atoms with Crippen LogP contribution in [0.2, 0.25) is 5.02 Å². The third kappa shape index (κ3) is 9.67. The highest BCUT2D eigenvalue weighted by molar-refractivity contribution is 7.88. The average molecular weight is 666 g/mol. The van der Waals surface area contributed by atoms with Crippen molar-refractivity contribution in [3.8, 4) is 0 Å². The summed E-state index contributed by atoms with van der Waals surface area (Å²) < 4.78 is 35.5. The first-order valence-corrected chi connectivity index (χ1v) is 17.4. The van der Waals surface area contributed by atoms with Gasteiger partial charge in [0.1, 0.15) is 23.2 Å². The van der Waals surface area contributed by atoms with Gasteiger partial charge in [-0.3, -0.25) is 14.4 Å². The fourth-order valence-corrected chi connectivity index (χ4v) is 6.77. The van der Waals surface area contributed by atoms with Crippen LogP contribution in [-0.4, -0.2) is 73.4 Å². The largest absolute Gasteiger partial charge is 0.444 e. The molecule has 2 fully saturated rings. The van der Waals surface area contributed by atoms with Crippen LogP contribution >= 0.6 is 11.6 Å². The molecule has 45 heavy (non-hydrogen) atoms. The van der Waals surface area contributed by atoms with Crippen molar-refractivity contribution in [3.63, 3.8) is 0 Å². The molecule has 1 saturated carbocycles. The predicted molar refractivity (Wildman–Crippen MR) is 169 cm³/mol. The van der Waals surface area contributed by atoms with Gasteiger partial charge < -0.3 is 20.3 Å². The zero-order chi connectivity index (χ0) is 32.8. The number of rotatable bonds is 7. The Morgan fingerprint density at radius 3 is 2.53 bits per heavy atom. The van der Waals surface area contributed by atoms with E-state index in [1.54, 1.807) is 45.0 Å². The zero-order valence-electron chi connectivity index (χ0n) is 26.1. The van der Waals surface area contributed by atoms with Crippen molar-refractivity contribution in [2.75, 3.05) is 13.1 Å². The van der Waals surface area contributed by atoms with Gasteiger partial charge in [0.25, 0.3) is 5.91 Å². The van der Waals surface area contributed by atoms with E-state index in [-0.39, 0.29) is 18.9 Å². The summed E-state index contributed by atoms with van der Waals surface area (Å²) in [6.45, 7) is 5.57. The number of nitrogens with zero attached hydrogens (tertiary/aromatic N) is 1. The third-order valence-electron chi connectivity index (χ3n) is 8.17. The Kier molecular flexibility index (Phi) is 11.2. The molecule has 0 bridgehead atoms. The molecule has 3 aliphatic rings. The molecule has 0 spiro atoms. The minimum atomic E-state index is -4.23. The Morgan fingerprint density at radius 2 is 1.82 bits per heavy atom. The SMILES string of the molecule is CC(C)(C)OC(=O)N[C@H]1CCCCC/C=C\[C@H]2C[C@@]2(C(=O)NS(=O)(=O)NCCc2ccc(Cl)cc2)NC(=O)[C@@H]2CCCN2C1=O. The quantitative estimate of drug-likeness (QED) is 0.325. The van der Waals surface area contributed by atoms with Crippen LogP contribution in [0.15, 0.2) is 36.4 Å². The number of carbonyl (C=O) groups is 4. The lowest BCUT2D eigenvalue weighted by atomic mass is 10.0. The summed E-state index contributed by atoms with van der Waals surface area (Å²) in [6, 6.07) is 5.26. The van der Waals surface area contributed by atoms with Crippen molar-refractivity contribution in [2.45, 2.75) is 102 Å². The molecule has 4 rings (SSSR count). The molecule has 0 radical (unpaired) electrons. The van der Waals surface area contributed by atoms with Crippen LogP contribution in [0.1, 0.15) is 77.7 Å².